The van der Waals surface area contributed by atoms with Crippen molar-refractivity contribution in [2.75, 3.05) is 5.73 Å². The molecule has 2 aromatic rings. The first-order valence-electron chi connectivity index (χ1n) is 5.39. The number of anilines is 1. The number of rotatable bonds is 4. The number of nitrogens with zero attached hydrogens (tertiary/aromatic N) is 1. The molecular weight excluding hydrogens is 246 g/mol. The third kappa shape index (κ3) is 3.01. The number of nitrogens with two attached hydrogens (primary N) is 2. The summed E-state index contributed by atoms with van der Waals surface area (Å²) in [5, 5.41) is 0.941. The Hall–Kier alpha value is -2.01. The Bertz CT molecular complexity index is 557. The molecule has 1 heterocycles. The highest BCUT2D eigenvalue weighted by molar-refractivity contribution is 7.98. The van der Waals surface area contributed by atoms with E-state index < -0.39 is 5.91 Å². The maximum absolute atomic E-state index is 11.0. The number of carbonyl (C=O) groups excluding carboxylic acids is 1. The molecule has 0 saturated carbocycles. The van der Waals surface area contributed by atoms with Crippen molar-refractivity contribution in [1.29, 1.82) is 0 Å². The van der Waals surface area contributed by atoms with Crippen LogP contribution in [0.5, 0.6) is 0 Å². The number of thioether (sulfide) groups is 1. The maximum atomic E-state index is 11.0. The predicted octanol–water partition coefficient (Wildman–Crippen LogP) is 2.05. The fourth-order valence-corrected chi connectivity index (χ4v) is 2.34. The van der Waals surface area contributed by atoms with Crippen LogP contribution >= 0.6 is 11.8 Å². The number of pyridine rings is 1. The monoisotopic (exact) mass is 259 g/mol. The van der Waals surface area contributed by atoms with Crippen molar-refractivity contribution in [3.05, 3.63) is 53.7 Å². The molecule has 4 nitrogen and oxygen atoms in total. The van der Waals surface area contributed by atoms with Gasteiger partial charge in [-0.1, -0.05) is 12.1 Å². The van der Waals surface area contributed by atoms with Crippen LogP contribution in [0.2, 0.25) is 0 Å². The molecule has 0 aliphatic heterocycles. The average molecular weight is 259 g/mol. The fraction of sp³-hybridized carbons (Fsp3) is 0.0769. The van der Waals surface area contributed by atoms with Gasteiger partial charge in [0.1, 0.15) is 0 Å². The summed E-state index contributed by atoms with van der Waals surface area (Å²) in [6, 6.07) is 10.9. The lowest BCUT2D eigenvalue weighted by atomic mass is 10.1. The van der Waals surface area contributed by atoms with Gasteiger partial charge < -0.3 is 11.5 Å². The van der Waals surface area contributed by atoms with Crippen LogP contribution in [-0.4, -0.2) is 10.9 Å². The Morgan fingerprint density at radius 1 is 1.28 bits per heavy atom. The molecule has 0 aliphatic carbocycles. The van der Waals surface area contributed by atoms with Crippen LogP contribution in [0.1, 0.15) is 15.9 Å². The number of nitrogen functional groups attached to an aromatic ring is 1. The van der Waals surface area contributed by atoms with E-state index in [1.54, 1.807) is 30.1 Å². The molecule has 0 spiro atoms. The minimum atomic E-state index is -0.467. The lowest BCUT2D eigenvalue weighted by Crippen LogP contribution is -2.11. The number of carbonyl (C=O) groups is 1. The quantitative estimate of drug-likeness (QED) is 0.650. The van der Waals surface area contributed by atoms with Crippen LogP contribution in [0.4, 0.5) is 5.69 Å². The van der Waals surface area contributed by atoms with Crippen LogP contribution in [0.3, 0.4) is 0 Å². The van der Waals surface area contributed by atoms with Gasteiger partial charge in [0, 0.05) is 23.2 Å². The molecule has 0 aliphatic rings. The first kappa shape index (κ1) is 12.4. The summed E-state index contributed by atoms with van der Waals surface area (Å²) in [6.45, 7) is 0. The third-order valence-electron chi connectivity index (χ3n) is 2.44. The third-order valence-corrected chi connectivity index (χ3v) is 3.44. The minimum absolute atomic E-state index is 0.430. The van der Waals surface area contributed by atoms with Crippen LogP contribution < -0.4 is 11.5 Å². The van der Waals surface area contributed by atoms with Crippen LogP contribution in [0, 0.1) is 0 Å². The summed E-state index contributed by atoms with van der Waals surface area (Å²) in [6.07, 6.45) is 1.75. The summed E-state index contributed by atoms with van der Waals surface area (Å²) in [5.41, 5.74) is 13.0. The largest absolute Gasteiger partial charge is 0.398 e. The Morgan fingerprint density at radius 3 is 2.72 bits per heavy atom. The molecule has 0 fully saturated rings. The van der Waals surface area contributed by atoms with E-state index in [1.165, 1.54) is 0 Å². The van der Waals surface area contributed by atoms with Crippen molar-refractivity contribution in [2.45, 2.75) is 10.8 Å². The van der Waals surface area contributed by atoms with Gasteiger partial charge in [0.05, 0.1) is 5.03 Å². The molecule has 92 valence electrons. The Kier molecular flexibility index (Phi) is 3.84. The second-order valence-corrected chi connectivity index (χ2v) is 4.73. The molecule has 18 heavy (non-hydrogen) atoms. The van der Waals surface area contributed by atoms with Crippen LogP contribution in [0.15, 0.2) is 47.6 Å². The number of hydrogen-bond donors (Lipinski definition) is 2. The minimum Gasteiger partial charge on any atom is -0.398 e. The van der Waals surface area contributed by atoms with Gasteiger partial charge in [0.25, 0.3) is 0 Å². The molecule has 0 saturated heterocycles. The Balaban J connectivity index is 2.08. The SMILES string of the molecule is NC(=O)c1ccc(CSc2ccccn2)c(N)c1. The molecule has 5 heteroatoms. The normalized spacial score (nSPS) is 10.2. The highest BCUT2D eigenvalue weighted by atomic mass is 32.2. The number of benzene rings is 1. The van der Waals surface area contributed by atoms with E-state index in [-0.39, 0.29) is 0 Å². The van der Waals surface area contributed by atoms with Gasteiger partial charge in [-0.3, -0.25) is 4.79 Å². The zero-order valence-electron chi connectivity index (χ0n) is 9.67. The summed E-state index contributed by atoms with van der Waals surface area (Å²) >= 11 is 1.59. The standard InChI is InChI=1S/C13H13N3OS/c14-11-7-9(13(15)17)4-5-10(11)8-18-12-3-1-2-6-16-12/h1-7H,8,14H2,(H2,15,17). The molecule has 2 rings (SSSR count). The zero-order chi connectivity index (χ0) is 13.0. The van der Waals surface area contributed by atoms with Gasteiger partial charge in [0.15, 0.2) is 0 Å². The summed E-state index contributed by atoms with van der Waals surface area (Å²) < 4.78 is 0. The Labute approximate surface area is 109 Å². The lowest BCUT2D eigenvalue weighted by Gasteiger charge is -2.06. The Morgan fingerprint density at radius 2 is 2.11 bits per heavy atom. The van der Waals surface area contributed by atoms with Crippen molar-refractivity contribution in [1.82, 2.24) is 4.98 Å². The molecule has 1 amide bonds. The van der Waals surface area contributed by atoms with Crippen molar-refractivity contribution in [3.8, 4) is 0 Å². The number of amides is 1. The summed E-state index contributed by atoms with van der Waals surface area (Å²) in [4.78, 5) is 15.2. The van der Waals surface area contributed by atoms with E-state index in [1.807, 2.05) is 24.3 Å². The van der Waals surface area contributed by atoms with Gasteiger partial charge in [-0.25, -0.2) is 4.98 Å². The molecule has 1 aromatic carbocycles. The second-order valence-electron chi connectivity index (χ2n) is 3.73. The van der Waals surface area contributed by atoms with Crippen molar-refractivity contribution in [3.63, 3.8) is 0 Å². The van der Waals surface area contributed by atoms with Gasteiger partial charge >= 0.3 is 0 Å². The summed E-state index contributed by atoms with van der Waals surface area (Å²) in [5.74, 6) is 0.243. The van der Waals surface area contributed by atoms with Crippen LogP contribution in [0.25, 0.3) is 0 Å². The van der Waals surface area contributed by atoms with Crippen molar-refractivity contribution in [2.24, 2.45) is 5.73 Å². The molecule has 0 radical (unpaired) electrons. The topological polar surface area (TPSA) is 82.0 Å². The summed E-state index contributed by atoms with van der Waals surface area (Å²) in [7, 11) is 0. The predicted molar refractivity (Wildman–Crippen MR) is 73.2 cm³/mol. The van der Waals surface area contributed by atoms with E-state index in [2.05, 4.69) is 4.98 Å². The first-order chi connectivity index (χ1) is 8.66. The van der Waals surface area contributed by atoms with E-state index in [4.69, 9.17) is 11.5 Å². The molecule has 1 aromatic heterocycles. The lowest BCUT2D eigenvalue weighted by molar-refractivity contribution is 0.100. The van der Waals surface area contributed by atoms with E-state index in [9.17, 15) is 4.79 Å². The van der Waals surface area contributed by atoms with Gasteiger partial charge in [-0.05, 0) is 29.8 Å². The smallest absolute Gasteiger partial charge is 0.248 e. The second kappa shape index (κ2) is 5.55. The average Bonchev–Trinajstić information content (AvgIpc) is 2.38. The van der Waals surface area contributed by atoms with Gasteiger partial charge in [0.2, 0.25) is 5.91 Å². The zero-order valence-corrected chi connectivity index (χ0v) is 10.5. The highest BCUT2D eigenvalue weighted by Crippen LogP contribution is 2.24. The fourth-order valence-electron chi connectivity index (χ4n) is 1.46. The van der Waals surface area contributed by atoms with Crippen molar-refractivity contribution < 1.29 is 4.79 Å². The van der Waals surface area contributed by atoms with E-state index >= 15 is 0 Å². The molecular formula is C13H13N3OS. The number of primary amides is 1. The van der Waals surface area contributed by atoms with E-state index in [0.29, 0.717) is 17.0 Å². The van der Waals surface area contributed by atoms with E-state index in [0.717, 1.165) is 10.6 Å². The van der Waals surface area contributed by atoms with Crippen LogP contribution in [-0.2, 0) is 5.75 Å². The maximum Gasteiger partial charge on any atom is 0.248 e. The number of hydrogen-bond acceptors (Lipinski definition) is 4. The molecule has 0 unspecified atom stereocenters. The van der Waals surface area contributed by atoms with Crippen molar-refractivity contribution >= 4 is 23.4 Å². The molecule has 0 bridgehead atoms. The molecule has 0 atom stereocenters. The first-order valence-corrected chi connectivity index (χ1v) is 6.37. The highest BCUT2D eigenvalue weighted by Gasteiger charge is 2.05. The molecule has 4 N–H and O–H groups in total. The van der Waals surface area contributed by atoms with Gasteiger partial charge in [-0.15, -0.1) is 11.8 Å². The van der Waals surface area contributed by atoms with Gasteiger partial charge in [-0.2, -0.15) is 0 Å². The number of aromatic nitrogens is 1.